The van der Waals surface area contributed by atoms with Crippen LogP contribution in [0.15, 0.2) is 22.7 Å². The molecule has 0 bridgehead atoms. The van der Waals surface area contributed by atoms with E-state index in [1.165, 1.54) is 0 Å². The molecule has 4 heteroatoms. The number of rotatable bonds is 5. The van der Waals surface area contributed by atoms with E-state index >= 15 is 0 Å². The van der Waals surface area contributed by atoms with Gasteiger partial charge in [0.15, 0.2) is 0 Å². The van der Waals surface area contributed by atoms with E-state index in [2.05, 4.69) is 15.9 Å². The van der Waals surface area contributed by atoms with Gasteiger partial charge < -0.3 is 15.2 Å². The molecule has 0 aliphatic carbocycles. The number of hydrogen-bond acceptors (Lipinski definition) is 3. The minimum atomic E-state index is 0.169. The van der Waals surface area contributed by atoms with Crippen molar-refractivity contribution < 1.29 is 9.47 Å². The van der Waals surface area contributed by atoms with Gasteiger partial charge in [-0.2, -0.15) is 0 Å². The maximum Gasteiger partial charge on any atom is 0.122 e. The lowest BCUT2D eigenvalue weighted by Crippen LogP contribution is -2.18. The fourth-order valence-corrected chi connectivity index (χ4v) is 1.89. The molecule has 0 aliphatic heterocycles. The molecule has 3 nitrogen and oxygen atoms in total. The standard InChI is InChI=1S/C11H16BrNO2/c1-14-7-8(6-13)10-5-9(12)3-4-11(10)15-2/h3-5,8H,6-7,13H2,1-2H3. The van der Waals surface area contributed by atoms with Gasteiger partial charge in [0.05, 0.1) is 13.7 Å². The number of benzene rings is 1. The fraction of sp³-hybridized carbons (Fsp3) is 0.455. The van der Waals surface area contributed by atoms with Gasteiger partial charge in [0.1, 0.15) is 5.75 Å². The highest BCUT2D eigenvalue weighted by Crippen LogP contribution is 2.29. The normalized spacial score (nSPS) is 12.5. The van der Waals surface area contributed by atoms with Crippen molar-refractivity contribution in [2.45, 2.75) is 5.92 Å². The quantitative estimate of drug-likeness (QED) is 0.894. The molecule has 0 saturated carbocycles. The highest BCUT2D eigenvalue weighted by Gasteiger charge is 2.14. The van der Waals surface area contributed by atoms with Gasteiger partial charge in [0.25, 0.3) is 0 Å². The molecule has 15 heavy (non-hydrogen) atoms. The first-order chi connectivity index (χ1) is 7.22. The lowest BCUT2D eigenvalue weighted by atomic mass is 9.99. The molecule has 0 fully saturated rings. The second-order valence-corrected chi connectivity index (χ2v) is 4.19. The Morgan fingerprint density at radius 3 is 2.67 bits per heavy atom. The number of methoxy groups -OCH3 is 2. The van der Waals surface area contributed by atoms with Crippen molar-refractivity contribution in [3.63, 3.8) is 0 Å². The summed E-state index contributed by atoms with van der Waals surface area (Å²) in [6, 6.07) is 5.90. The minimum Gasteiger partial charge on any atom is -0.496 e. The molecule has 0 aliphatic rings. The summed E-state index contributed by atoms with van der Waals surface area (Å²) in [6.45, 7) is 1.14. The molecular weight excluding hydrogens is 258 g/mol. The maximum absolute atomic E-state index is 5.71. The Balaban J connectivity index is 3.02. The van der Waals surface area contributed by atoms with Crippen molar-refractivity contribution >= 4 is 15.9 Å². The molecule has 1 rings (SSSR count). The van der Waals surface area contributed by atoms with Crippen LogP contribution in [0.5, 0.6) is 5.75 Å². The van der Waals surface area contributed by atoms with Crippen molar-refractivity contribution in [3.8, 4) is 5.75 Å². The summed E-state index contributed by atoms with van der Waals surface area (Å²) >= 11 is 3.44. The second-order valence-electron chi connectivity index (χ2n) is 3.27. The van der Waals surface area contributed by atoms with E-state index in [0.29, 0.717) is 13.2 Å². The first-order valence-electron chi connectivity index (χ1n) is 4.75. The predicted molar refractivity (Wildman–Crippen MR) is 64.4 cm³/mol. The zero-order valence-electron chi connectivity index (χ0n) is 9.00. The van der Waals surface area contributed by atoms with Gasteiger partial charge in [-0.15, -0.1) is 0 Å². The molecule has 0 heterocycles. The molecule has 1 aromatic rings. The van der Waals surface area contributed by atoms with Gasteiger partial charge in [0, 0.05) is 29.6 Å². The molecule has 0 saturated heterocycles. The summed E-state index contributed by atoms with van der Waals surface area (Å²) in [7, 11) is 3.33. The van der Waals surface area contributed by atoms with Crippen LogP contribution in [0, 0.1) is 0 Å². The largest absolute Gasteiger partial charge is 0.496 e. The monoisotopic (exact) mass is 273 g/mol. The SMILES string of the molecule is COCC(CN)c1cc(Br)ccc1OC. The molecule has 84 valence electrons. The highest BCUT2D eigenvalue weighted by molar-refractivity contribution is 9.10. The molecule has 0 aromatic heterocycles. The van der Waals surface area contributed by atoms with E-state index in [0.717, 1.165) is 15.8 Å². The molecule has 2 N–H and O–H groups in total. The van der Waals surface area contributed by atoms with Crippen molar-refractivity contribution in [2.24, 2.45) is 5.73 Å². The third-order valence-electron chi connectivity index (χ3n) is 2.28. The van der Waals surface area contributed by atoms with Gasteiger partial charge in [-0.05, 0) is 18.2 Å². The van der Waals surface area contributed by atoms with Gasteiger partial charge in [-0.1, -0.05) is 15.9 Å². The second kappa shape index (κ2) is 6.10. The third-order valence-corrected chi connectivity index (χ3v) is 2.78. The summed E-state index contributed by atoms with van der Waals surface area (Å²) in [5.74, 6) is 1.02. The van der Waals surface area contributed by atoms with Crippen molar-refractivity contribution in [2.75, 3.05) is 27.4 Å². The van der Waals surface area contributed by atoms with Crippen LogP contribution in [0.4, 0.5) is 0 Å². The molecular formula is C11H16BrNO2. The van der Waals surface area contributed by atoms with Gasteiger partial charge in [0.2, 0.25) is 0 Å². The van der Waals surface area contributed by atoms with E-state index in [1.807, 2.05) is 18.2 Å². The first-order valence-corrected chi connectivity index (χ1v) is 5.54. The summed E-state index contributed by atoms with van der Waals surface area (Å²) in [6.07, 6.45) is 0. The summed E-state index contributed by atoms with van der Waals surface area (Å²) in [4.78, 5) is 0. The van der Waals surface area contributed by atoms with Gasteiger partial charge in [-0.3, -0.25) is 0 Å². The van der Waals surface area contributed by atoms with E-state index in [1.54, 1.807) is 14.2 Å². The summed E-state index contributed by atoms with van der Waals surface area (Å²) in [5, 5.41) is 0. The average Bonchev–Trinajstić information content (AvgIpc) is 2.26. The topological polar surface area (TPSA) is 44.5 Å². The average molecular weight is 274 g/mol. The van der Waals surface area contributed by atoms with E-state index < -0.39 is 0 Å². The maximum atomic E-state index is 5.71. The predicted octanol–water partition coefficient (Wildman–Crippen LogP) is 2.15. The Kier molecular flexibility index (Phi) is 5.08. The van der Waals surface area contributed by atoms with Crippen molar-refractivity contribution in [3.05, 3.63) is 28.2 Å². The fourth-order valence-electron chi connectivity index (χ4n) is 1.51. The van der Waals surface area contributed by atoms with Crippen LogP contribution in [0.3, 0.4) is 0 Å². The van der Waals surface area contributed by atoms with Gasteiger partial charge >= 0.3 is 0 Å². The minimum absolute atomic E-state index is 0.169. The number of halogens is 1. The van der Waals surface area contributed by atoms with Crippen LogP contribution in [0.25, 0.3) is 0 Å². The van der Waals surface area contributed by atoms with Gasteiger partial charge in [-0.25, -0.2) is 0 Å². The Morgan fingerprint density at radius 2 is 2.13 bits per heavy atom. The van der Waals surface area contributed by atoms with Crippen LogP contribution in [-0.4, -0.2) is 27.4 Å². The van der Waals surface area contributed by atoms with Crippen molar-refractivity contribution in [1.82, 2.24) is 0 Å². The Labute approximate surface area is 98.7 Å². The van der Waals surface area contributed by atoms with Crippen LogP contribution in [-0.2, 0) is 4.74 Å². The number of ether oxygens (including phenoxy) is 2. The molecule has 1 atom stereocenters. The third kappa shape index (κ3) is 3.19. The van der Waals surface area contributed by atoms with Crippen LogP contribution < -0.4 is 10.5 Å². The molecule has 0 radical (unpaired) electrons. The summed E-state index contributed by atoms with van der Waals surface area (Å²) in [5.41, 5.74) is 6.79. The lowest BCUT2D eigenvalue weighted by Gasteiger charge is -2.17. The molecule has 0 amide bonds. The van der Waals surface area contributed by atoms with Crippen LogP contribution >= 0.6 is 15.9 Å². The van der Waals surface area contributed by atoms with E-state index in [4.69, 9.17) is 15.2 Å². The Hall–Kier alpha value is -0.580. The molecule has 0 spiro atoms. The zero-order valence-corrected chi connectivity index (χ0v) is 10.6. The van der Waals surface area contributed by atoms with E-state index in [9.17, 15) is 0 Å². The lowest BCUT2D eigenvalue weighted by molar-refractivity contribution is 0.180. The number of nitrogens with two attached hydrogens (primary N) is 1. The first kappa shape index (κ1) is 12.5. The molecule has 1 unspecified atom stereocenters. The molecule has 1 aromatic carbocycles. The smallest absolute Gasteiger partial charge is 0.122 e. The van der Waals surface area contributed by atoms with Crippen LogP contribution in [0.2, 0.25) is 0 Å². The Morgan fingerprint density at radius 1 is 1.40 bits per heavy atom. The number of hydrogen-bond donors (Lipinski definition) is 1. The van der Waals surface area contributed by atoms with E-state index in [-0.39, 0.29) is 5.92 Å². The van der Waals surface area contributed by atoms with Crippen LogP contribution in [0.1, 0.15) is 11.5 Å². The van der Waals surface area contributed by atoms with Crippen molar-refractivity contribution in [1.29, 1.82) is 0 Å². The zero-order chi connectivity index (χ0) is 11.3. The Bertz CT molecular complexity index is 317. The summed E-state index contributed by atoms with van der Waals surface area (Å²) < 4.78 is 11.5. The highest BCUT2D eigenvalue weighted by atomic mass is 79.9.